The molecule has 150 valence electrons. The number of furan rings is 1. The molecule has 4 rings (SSSR count). The average Bonchev–Trinajstić information content (AvgIpc) is 3.39. The fourth-order valence-corrected chi connectivity index (χ4v) is 4.54. The summed E-state index contributed by atoms with van der Waals surface area (Å²) in [6.45, 7) is 1.41. The maximum absolute atomic E-state index is 12.6. The Bertz CT molecular complexity index is 850. The molecule has 1 fully saturated rings. The lowest BCUT2D eigenvalue weighted by Crippen LogP contribution is -2.54. The molecule has 1 saturated carbocycles. The van der Waals surface area contributed by atoms with Gasteiger partial charge >= 0.3 is 5.97 Å². The molecule has 8 heteroatoms. The van der Waals surface area contributed by atoms with Crippen LogP contribution in [0.2, 0.25) is 0 Å². The fraction of sp³-hybridized carbons (Fsp3) is 0.550. The normalized spacial score (nSPS) is 18.6. The first-order chi connectivity index (χ1) is 13.6. The van der Waals surface area contributed by atoms with Crippen molar-refractivity contribution in [2.75, 3.05) is 20.2 Å². The summed E-state index contributed by atoms with van der Waals surface area (Å²) < 4.78 is 10.0. The molecule has 2 aromatic heterocycles. The van der Waals surface area contributed by atoms with Gasteiger partial charge in [0.05, 0.1) is 37.8 Å². The van der Waals surface area contributed by atoms with E-state index in [2.05, 4.69) is 24.9 Å². The Morgan fingerprint density at radius 1 is 1.32 bits per heavy atom. The number of H-pyrrole nitrogens is 1. The number of carbonyl (C=O) groups excluding carboxylic acids is 2. The van der Waals surface area contributed by atoms with Crippen molar-refractivity contribution in [3.05, 3.63) is 41.4 Å². The van der Waals surface area contributed by atoms with Gasteiger partial charge in [0.2, 0.25) is 11.7 Å². The van der Waals surface area contributed by atoms with Gasteiger partial charge in [0.1, 0.15) is 5.76 Å². The van der Waals surface area contributed by atoms with Gasteiger partial charge in [0.15, 0.2) is 0 Å². The highest BCUT2D eigenvalue weighted by atomic mass is 16.5. The van der Waals surface area contributed by atoms with E-state index in [0.29, 0.717) is 12.3 Å². The second-order valence-corrected chi connectivity index (χ2v) is 7.53. The lowest BCUT2D eigenvalue weighted by Gasteiger charge is -2.48. The summed E-state index contributed by atoms with van der Waals surface area (Å²) in [5.41, 5.74) is 2.20. The summed E-state index contributed by atoms with van der Waals surface area (Å²) in [7, 11) is 1.30. The Labute approximate surface area is 163 Å². The van der Waals surface area contributed by atoms with Crippen LogP contribution in [0, 0.1) is 0 Å². The van der Waals surface area contributed by atoms with Crippen molar-refractivity contribution in [1.29, 1.82) is 0 Å². The van der Waals surface area contributed by atoms with E-state index in [0.717, 1.165) is 44.3 Å². The second kappa shape index (κ2) is 7.79. The summed E-state index contributed by atoms with van der Waals surface area (Å²) in [5, 5.41) is 2.90. The number of amides is 1. The minimum Gasteiger partial charge on any atom is -0.463 e. The van der Waals surface area contributed by atoms with Crippen LogP contribution in [0.4, 0.5) is 0 Å². The van der Waals surface area contributed by atoms with E-state index in [9.17, 15) is 9.59 Å². The largest absolute Gasteiger partial charge is 0.463 e. The van der Waals surface area contributed by atoms with E-state index < -0.39 is 5.97 Å². The zero-order valence-corrected chi connectivity index (χ0v) is 16.1. The number of nitrogens with one attached hydrogen (secondary N) is 2. The van der Waals surface area contributed by atoms with Crippen molar-refractivity contribution in [1.82, 2.24) is 20.2 Å². The van der Waals surface area contributed by atoms with Crippen molar-refractivity contribution in [2.24, 2.45) is 0 Å². The Kier molecular flexibility index (Phi) is 5.21. The highest BCUT2D eigenvalue weighted by Gasteiger charge is 2.45. The molecule has 0 bridgehead atoms. The van der Waals surface area contributed by atoms with Crippen molar-refractivity contribution in [2.45, 2.75) is 50.6 Å². The molecule has 3 heterocycles. The Hall–Kier alpha value is -2.61. The van der Waals surface area contributed by atoms with E-state index >= 15 is 0 Å². The smallest absolute Gasteiger partial charge is 0.373 e. The summed E-state index contributed by atoms with van der Waals surface area (Å²) in [4.78, 5) is 34.3. The number of carbonyl (C=O) groups is 2. The predicted octanol–water partition coefficient (Wildman–Crippen LogP) is 2.12. The molecule has 2 N–H and O–H groups in total. The van der Waals surface area contributed by atoms with Crippen molar-refractivity contribution in [3.8, 4) is 0 Å². The number of rotatable bonds is 5. The highest BCUT2D eigenvalue weighted by Crippen LogP contribution is 2.44. The van der Waals surface area contributed by atoms with Crippen LogP contribution in [-0.4, -0.2) is 46.9 Å². The number of imidazole rings is 1. The first-order valence-corrected chi connectivity index (χ1v) is 9.84. The van der Waals surface area contributed by atoms with E-state index in [4.69, 9.17) is 4.42 Å². The van der Waals surface area contributed by atoms with Crippen molar-refractivity contribution < 1.29 is 18.7 Å². The quantitative estimate of drug-likeness (QED) is 0.764. The molecular formula is C20H26N4O4. The van der Waals surface area contributed by atoms with Crippen LogP contribution < -0.4 is 5.32 Å². The van der Waals surface area contributed by atoms with Gasteiger partial charge in [0.25, 0.3) is 0 Å². The Balaban J connectivity index is 1.41. The van der Waals surface area contributed by atoms with Crippen LogP contribution in [0.3, 0.4) is 0 Å². The number of aromatic amines is 1. The molecule has 1 aliphatic carbocycles. The number of esters is 1. The van der Waals surface area contributed by atoms with Crippen LogP contribution in [0.5, 0.6) is 0 Å². The van der Waals surface area contributed by atoms with Gasteiger partial charge in [-0.05, 0) is 25.0 Å². The zero-order chi connectivity index (χ0) is 19.6. The number of hydrogen-bond donors (Lipinski definition) is 2. The molecule has 1 amide bonds. The molecule has 0 saturated heterocycles. The average molecular weight is 386 g/mol. The van der Waals surface area contributed by atoms with Gasteiger partial charge in [-0.2, -0.15) is 0 Å². The predicted molar refractivity (Wildman–Crippen MR) is 101 cm³/mol. The molecule has 8 nitrogen and oxygen atoms in total. The third kappa shape index (κ3) is 3.44. The summed E-state index contributed by atoms with van der Waals surface area (Å²) in [5.74, 6) is 0.0734. The fourth-order valence-electron chi connectivity index (χ4n) is 4.54. The van der Waals surface area contributed by atoms with E-state index in [-0.39, 0.29) is 23.8 Å². The molecule has 2 aromatic rings. The monoisotopic (exact) mass is 386 g/mol. The number of aromatic nitrogens is 2. The van der Waals surface area contributed by atoms with Crippen LogP contribution in [0.1, 0.15) is 59.8 Å². The van der Waals surface area contributed by atoms with E-state index in [1.165, 1.54) is 19.2 Å². The van der Waals surface area contributed by atoms with E-state index in [1.54, 1.807) is 18.5 Å². The maximum atomic E-state index is 12.6. The van der Waals surface area contributed by atoms with Gasteiger partial charge in [-0.1, -0.05) is 19.3 Å². The molecule has 28 heavy (non-hydrogen) atoms. The number of ether oxygens (including phenoxy) is 1. The third-order valence-electron chi connectivity index (χ3n) is 5.92. The topological polar surface area (TPSA) is 100 Å². The molecule has 1 spiro atoms. The summed E-state index contributed by atoms with van der Waals surface area (Å²) >= 11 is 0. The molecule has 0 unspecified atom stereocenters. The lowest BCUT2D eigenvalue weighted by molar-refractivity contribution is -0.125. The van der Waals surface area contributed by atoms with E-state index in [1.807, 2.05) is 0 Å². The molecule has 0 atom stereocenters. The van der Waals surface area contributed by atoms with Crippen LogP contribution in [0.15, 0.2) is 22.9 Å². The minimum atomic E-state index is -0.528. The highest BCUT2D eigenvalue weighted by molar-refractivity contribution is 5.86. The van der Waals surface area contributed by atoms with Crippen molar-refractivity contribution >= 4 is 11.9 Å². The number of fused-ring (bicyclic) bond motifs is 2. The first-order valence-electron chi connectivity index (χ1n) is 9.84. The van der Waals surface area contributed by atoms with Crippen LogP contribution in [0.25, 0.3) is 0 Å². The minimum absolute atomic E-state index is 0.0556. The molecule has 2 aliphatic rings. The second-order valence-electron chi connectivity index (χ2n) is 7.53. The number of methoxy groups -OCH3 is 1. The standard InChI is InChI=1S/C20H26N4O4/c1-27-19(26)16-6-5-14(28-16)11-21-17(25)12-24-10-7-15-18(23-13-22-15)20(24)8-3-2-4-9-20/h5-6,13H,2-4,7-12H2,1H3,(H,21,25)(H,22,23). The van der Waals surface area contributed by atoms with Gasteiger partial charge in [0, 0.05) is 18.7 Å². The molecular weight excluding hydrogens is 360 g/mol. The number of nitrogens with zero attached hydrogens (tertiary/aromatic N) is 2. The van der Waals surface area contributed by atoms with Gasteiger partial charge in [-0.25, -0.2) is 9.78 Å². The molecule has 0 aromatic carbocycles. The Morgan fingerprint density at radius 3 is 2.93 bits per heavy atom. The summed E-state index contributed by atoms with van der Waals surface area (Å²) in [6.07, 6.45) is 8.30. The zero-order valence-electron chi connectivity index (χ0n) is 16.1. The SMILES string of the molecule is COC(=O)c1ccc(CNC(=O)CN2CCc3[nH]cnc3C23CCCCC3)o1. The van der Waals surface area contributed by atoms with Gasteiger partial charge in [-0.3, -0.25) is 9.69 Å². The third-order valence-corrected chi connectivity index (χ3v) is 5.92. The summed E-state index contributed by atoms with van der Waals surface area (Å²) in [6, 6.07) is 3.22. The lowest BCUT2D eigenvalue weighted by atomic mass is 9.75. The van der Waals surface area contributed by atoms with Crippen LogP contribution in [-0.2, 0) is 28.0 Å². The first kappa shape index (κ1) is 18.7. The van der Waals surface area contributed by atoms with Crippen LogP contribution >= 0.6 is 0 Å². The molecule has 1 aliphatic heterocycles. The van der Waals surface area contributed by atoms with Crippen molar-refractivity contribution in [3.63, 3.8) is 0 Å². The molecule has 0 radical (unpaired) electrons. The Morgan fingerprint density at radius 2 is 2.14 bits per heavy atom. The van der Waals surface area contributed by atoms with Gasteiger partial charge in [-0.15, -0.1) is 0 Å². The van der Waals surface area contributed by atoms with Gasteiger partial charge < -0.3 is 19.5 Å². The maximum Gasteiger partial charge on any atom is 0.373 e. The number of hydrogen-bond acceptors (Lipinski definition) is 6.